The van der Waals surface area contributed by atoms with E-state index in [9.17, 15) is 9.59 Å². The van der Waals surface area contributed by atoms with Gasteiger partial charge in [0.05, 0.1) is 5.01 Å². The minimum Gasteiger partial charge on any atom is -0.476 e. The molecule has 2 atom stereocenters. The van der Waals surface area contributed by atoms with Crippen molar-refractivity contribution in [3.05, 3.63) is 52.0 Å². The Bertz CT molecular complexity index is 687. The molecule has 0 spiro atoms. The first-order valence-electron chi connectivity index (χ1n) is 7.61. The maximum Gasteiger partial charge on any atom is 0.355 e. The van der Waals surface area contributed by atoms with E-state index < -0.39 is 18.0 Å². The van der Waals surface area contributed by atoms with Crippen molar-refractivity contribution in [1.29, 1.82) is 0 Å². The van der Waals surface area contributed by atoms with Gasteiger partial charge in [0.15, 0.2) is 5.69 Å². The molecule has 0 radical (unpaired) electrons. The van der Waals surface area contributed by atoms with Crippen molar-refractivity contribution in [3.63, 3.8) is 0 Å². The van der Waals surface area contributed by atoms with E-state index in [2.05, 4.69) is 4.98 Å². The lowest BCUT2D eigenvalue weighted by molar-refractivity contribution is -0.147. The highest BCUT2D eigenvalue weighted by molar-refractivity contribution is 7.09. The number of rotatable bonds is 8. The van der Waals surface area contributed by atoms with Gasteiger partial charge in [-0.05, 0) is 24.3 Å². The molecule has 0 aliphatic carbocycles. The molecule has 1 heterocycles. The number of carboxylic acids is 1. The van der Waals surface area contributed by atoms with Crippen LogP contribution in [0.2, 0.25) is 0 Å². The van der Waals surface area contributed by atoms with E-state index in [1.165, 1.54) is 16.7 Å². The Balaban J connectivity index is 1.78. The molecule has 0 aliphatic heterocycles. The van der Waals surface area contributed by atoms with Crippen LogP contribution in [0.15, 0.2) is 35.7 Å². The lowest BCUT2D eigenvalue weighted by atomic mass is 9.97. The minimum atomic E-state index is -1.04. The van der Waals surface area contributed by atoms with E-state index in [0.29, 0.717) is 12.8 Å². The number of carbonyl (C=O) groups is 2. The molecule has 0 aliphatic rings. The number of esters is 1. The van der Waals surface area contributed by atoms with Crippen LogP contribution in [0.5, 0.6) is 0 Å². The van der Waals surface area contributed by atoms with Crippen molar-refractivity contribution < 1.29 is 19.4 Å². The molecule has 128 valence electrons. The summed E-state index contributed by atoms with van der Waals surface area (Å²) in [5, 5.41) is 11.1. The monoisotopic (exact) mass is 348 g/mol. The number of aryl methyl sites for hydroxylation is 1. The third kappa shape index (κ3) is 5.14. The normalized spacial score (nSPS) is 13.2. The van der Waals surface area contributed by atoms with Crippen LogP contribution in [0, 0.1) is 5.92 Å². The lowest BCUT2D eigenvalue weighted by Gasteiger charge is -2.18. The highest BCUT2D eigenvalue weighted by Gasteiger charge is 2.22. The summed E-state index contributed by atoms with van der Waals surface area (Å²) in [5.41, 5.74) is 6.92. The quantitative estimate of drug-likeness (QED) is 0.711. The van der Waals surface area contributed by atoms with Gasteiger partial charge in [-0.2, -0.15) is 0 Å². The summed E-state index contributed by atoms with van der Waals surface area (Å²) < 4.78 is 5.24. The largest absolute Gasteiger partial charge is 0.476 e. The maximum absolute atomic E-state index is 12.0. The van der Waals surface area contributed by atoms with Gasteiger partial charge < -0.3 is 15.6 Å². The average molecular weight is 348 g/mol. The number of hydrogen-bond donors (Lipinski definition) is 2. The third-order valence-corrected chi connectivity index (χ3v) is 4.60. The number of ether oxygens (including phenoxy) is 1. The average Bonchev–Trinajstić information content (AvgIpc) is 3.07. The first kappa shape index (κ1) is 18.1. The summed E-state index contributed by atoms with van der Waals surface area (Å²) in [7, 11) is 0. The Labute approximate surface area is 144 Å². The molecule has 24 heavy (non-hydrogen) atoms. The van der Waals surface area contributed by atoms with Gasteiger partial charge in [0.2, 0.25) is 0 Å². The fourth-order valence-electron chi connectivity index (χ4n) is 2.11. The SMILES string of the molecule is CC(CCc1nc(C(=O)O)cs1)C(N)C(=O)OCc1ccccc1. The Morgan fingerprint density at radius 2 is 2.04 bits per heavy atom. The van der Waals surface area contributed by atoms with Gasteiger partial charge in [-0.25, -0.2) is 9.78 Å². The molecular weight excluding hydrogens is 328 g/mol. The van der Waals surface area contributed by atoms with E-state index in [1.807, 2.05) is 37.3 Å². The zero-order valence-electron chi connectivity index (χ0n) is 13.3. The molecule has 0 amide bonds. The lowest BCUT2D eigenvalue weighted by Crippen LogP contribution is -2.38. The number of nitrogens with two attached hydrogens (primary N) is 1. The Morgan fingerprint density at radius 1 is 1.33 bits per heavy atom. The fraction of sp³-hybridized carbons (Fsp3) is 0.353. The summed E-state index contributed by atoms with van der Waals surface area (Å²) in [6, 6.07) is 8.70. The van der Waals surface area contributed by atoms with Crippen molar-refractivity contribution in [2.45, 2.75) is 32.4 Å². The molecule has 2 rings (SSSR count). The third-order valence-electron chi connectivity index (χ3n) is 3.69. The van der Waals surface area contributed by atoms with Crippen LogP contribution in [0.3, 0.4) is 0 Å². The van der Waals surface area contributed by atoms with Crippen molar-refractivity contribution in [2.75, 3.05) is 0 Å². The predicted molar refractivity (Wildman–Crippen MR) is 90.8 cm³/mol. The molecule has 2 aromatic rings. The van der Waals surface area contributed by atoms with Gasteiger partial charge in [-0.15, -0.1) is 11.3 Å². The molecule has 0 saturated heterocycles. The highest BCUT2D eigenvalue weighted by Crippen LogP contribution is 2.17. The number of carboxylic acid groups (broad SMARTS) is 1. The molecule has 3 N–H and O–H groups in total. The van der Waals surface area contributed by atoms with Crippen LogP contribution in [0.25, 0.3) is 0 Å². The molecule has 0 bridgehead atoms. The predicted octanol–water partition coefficient (Wildman–Crippen LogP) is 2.48. The van der Waals surface area contributed by atoms with Crippen LogP contribution < -0.4 is 5.73 Å². The van der Waals surface area contributed by atoms with Gasteiger partial charge in [0.1, 0.15) is 12.6 Å². The number of nitrogens with zero attached hydrogens (tertiary/aromatic N) is 1. The number of carbonyl (C=O) groups excluding carboxylic acids is 1. The summed E-state index contributed by atoms with van der Waals surface area (Å²) >= 11 is 1.30. The summed E-state index contributed by atoms with van der Waals surface area (Å²) in [6.07, 6.45) is 1.22. The molecule has 7 heteroatoms. The Hall–Kier alpha value is -2.25. The number of benzene rings is 1. The Morgan fingerprint density at radius 3 is 2.67 bits per heavy atom. The number of thiazole rings is 1. The number of hydrogen-bond acceptors (Lipinski definition) is 6. The van der Waals surface area contributed by atoms with E-state index in [0.717, 1.165) is 10.6 Å². The molecule has 1 aromatic carbocycles. The van der Waals surface area contributed by atoms with Gasteiger partial charge in [0.25, 0.3) is 0 Å². The van der Waals surface area contributed by atoms with E-state index >= 15 is 0 Å². The van der Waals surface area contributed by atoms with Gasteiger partial charge in [0, 0.05) is 5.38 Å². The minimum absolute atomic E-state index is 0.0502. The van der Waals surface area contributed by atoms with Crippen LogP contribution in [-0.2, 0) is 22.6 Å². The molecule has 6 nitrogen and oxygen atoms in total. The van der Waals surface area contributed by atoms with Gasteiger partial charge in [-0.1, -0.05) is 37.3 Å². The van der Waals surface area contributed by atoms with Crippen LogP contribution in [0.1, 0.15) is 34.4 Å². The Kier molecular flexibility index (Phi) is 6.45. The molecular formula is C17H20N2O4S. The number of aromatic nitrogens is 1. The summed E-state index contributed by atoms with van der Waals surface area (Å²) in [6.45, 7) is 2.08. The smallest absolute Gasteiger partial charge is 0.355 e. The molecule has 0 fully saturated rings. The zero-order chi connectivity index (χ0) is 17.5. The van der Waals surface area contributed by atoms with E-state index in [4.69, 9.17) is 15.6 Å². The molecule has 2 unspecified atom stereocenters. The second-order valence-electron chi connectivity index (χ2n) is 5.57. The van der Waals surface area contributed by atoms with Crippen molar-refractivity contribution in [1.82, 2.24) is 4.98 Å². The highest BCUT2D eigenvalue weighted by atomic mass is 32.1. The summed E-state index contributed by atoms with van der Waals surface area (Å²) in [5.74, 6) is -1.56. The van der Waals surface area contributed by atoms with E-state index in [-0.39, 0.29) is 18.2 Å². The van der Waals surface area contributed by atoms with Crippen molar-refractivity contribution in [3.8, 4) is 0 Å². The second-order valence-corrected chi connectivity index (χ2v) is 6.51. The van der Waals surface area contributed by atoms with E-state index in [1.54, 1.807) is 0 Å². The topological polar surface area (TPSA) is 103 Å². The zero-order valence-corrected chi connectivity index (χ0v) is 14.2. The second kappa shape index (κ2) is 8.56. The standard InChI is InChI=1S/C17H20N2O4S/c1-11(7-8-14-19-13(10-24-14)16(20)21)15(18)17(22)23-9-12-5-3-2-4-6-12/h2-6,10-11,15H,7-9,18H2,1H3,(H,20,21). The molecule has 0 saturated carbocycles. The van der Waals surface area contributed by atoms with Gasteiger partial charge in [-0.3, -0.25) is 4.79 Å². The fourth-order valence-corrected chi connectivity index (χ4v) is 2.90. The van der Waals surface area contributed by atoms with Crippen molar-refractivity contribution in [2.24, 2.45) is 11.7 Å². The summed E-state index contributed by atoms with van der Waals surface area (Å²) in [4.78, 5) is 26.9. The van der Waals surface area contributed by atoms with Gasteiger partial charge >= 0.3 is 11.9 Å². The molecule has 1 aromatic heterocycles. The van der Waals surface area contributed by atoms with Crippen LogP contribution in [-0.4, -0.2) is 28.1 Å². The van der Waals surface area contributed by atoms with Crippen molar-refractivity contribution >= 4 is 23.3 Å². The first-order valence-corrected chi connectivity index (χ1v) is 8.49. The number of aromatic carboxylic acids is 1. The first-order chi connectivity index (χ1) is 11.5. The maximum atomic E-state index is 12.0. The van der Waals surface area contributed by atoms with Crippen LogP contribution >= 0.6 is 11.3 Å². The van der Waals surface area contributed by atoms with Crippen LogP contribution in [0.4, 0.5) is 0 Å².